The number of carbonyl (C=O) groups excluding carboxylic acids is 1. The van der Waals surface area contributed by atoms with Crippen molar-refractivity contribution in [2.75, 3.05) is 13.1 Å². The molecule has 2 atom stereocenters. The summed E-state index contributed by atoms with van der Waals surface area (Å²) in [4.78, 5) is 22.4. The number of carbonyl (C=O) groups is 2. The molecule has 3 N–H and O–H groups in total. The summed E-state index contributed by atoms with van der Waals surface area (Å²) in [6.07, 6.45) is 1.58. The number of carboxylic acids is 1. The second-order valence-electron chi connectivity index (χ2n) is 5.27. The third-order valence-corrected chi connectivity index (χ3v) is 2.92. The predicted molar refractivity (Wildman–Crippen MR) is 71.4 cm³/mol. The van der Waals surface area contributed by atoms with Crippen molar-refractivity contribution in [1.82, 2.24) is 10.6 Å². The van der Waals surface area contributed by atoms with Crippen molar-refractivity contribution >= 4 is 12.0 Å². The molecule has 0 saturated carbocycles. The van der Waals surface area contributed by atoms with E-state index in [1.165, 1.54) is 0 Å². The minimum Gasteiger partial charge on any atom is -0.481 e. The van der Waals surface area contributed by atoms with Gasteiger partial charge in [0.1, 0.15) is 0 Å². The van der Waals surface area contributed by atoms with Gasteiger partial charge in [0.05, 0.1) is 5.92 Å². The second kappa shape index (κ2) is 8.78. The fourth-order valence-corrected chi connectivity index (χ4v) is 1.53. The topological polar surface area (TPSA) is 78.4 Å². The van der Waals surface area contributed by atoms with Crippen molar-refractivity contribution in [2.24, 2.45) is 17.8 Å². The quantitative estimate of drug-likeness (QED) is 0.623. The minimum absolute atomic E-state index is 0.180. The molecule has 0 aliphatic heterocycles. The van der Waals surface area contributed by atoms with E-state index in [1.807, 2.05) is 13.8 Å². The van der Waals surface area contributed by atoms with Gasteiger partial charge >= 0.3 is 12.0 Å². The third-order valence-electron chi connectivity index (χ3n) is 2.92. The van der Waals surface area contributed by atoms with Gasteiger partial charge in [0.25, 0.3) is 0 Å². The number of rotatable bonds is 8. The highest BCUT2D eigenvalue weighted by Crippen LogP contribution is 2.10. The van der Waals surface area contributed by atoms with Gasteiger partial charge in [-0.1, -0.05) is 34.1 Å². The van der Waals surface area contributed by atoms with Gasteiger partial charge in [-0.05, 0) is 18.3 Å². The van der Waals surface area contributed by atoms with E-state index in [9.17, 15) is 9.59 Å². The first-order valence-electron chi connectivity index (χ1n) is 6.61. The normalized spacial score (nSPS) is 14.1. The fourth-order valence-electron chi connectivity index (χ4n) is 1.53. The first-order chi connectivity index (χ1) is 8.36. The van der Waals surface area contributed by atoms with E-state index in [-0.39, 0.29) is 12.6 Å². The van der Waals surface area contributed by atoms with Crippen LogP contribution in [0.4, 0.5) is 4.79 Å². The van der Waals surface area contributed by atoms with E-state index in [1.54, 1.807) is 0 Å². The maximum absolute atomic E-state index is 11.5. The zero-order valence-corrected chi connectivity index (χ0v) is 11.8. The van der Waals surface area contributed by atoms with Gasteiger partial charge in [0, 0.05) is 13.1 Å². The minimum atomic E-state index is -0.856. The first kappa shape index (κ1) is 16.7. The number of nitrogens with one attached hydrogen (secondary N) is 2. The Bertz CT molecular complexity index is 267. The summed E-state index contributed by atoms with van der Waals surface area (Å²) in [6, 6.07) is -0.287. The van der Waals surface area contributed by atoms with Crippen LogP contribution in [0.3, 0.4) is 0 Å². The SMILES string of the molecule is CCC(C)CNC(=O)NCC(CC(C)C)C(=O)O. The standard InChI is InChI=1S/C13H26N2O3/c1-5-10(4)7-14-13(18)15-8-11(12(16)17)6-9(2)3/h9-11H,5-8H2,1-4H3,(H,16,17)(H2,14,15,18). The first-order valence-corrected chi connectivity index (χ1v) is 6.61. The van der Waals surface area contributed by atoms with E-state index >= 15 is 0 Å². The summed E-state index contributed by atoms with van der Waals surface area (Å²) in [6.45, 7) is 8.86. The molecular formula is C13H26N2O3. The molecule has 18 heavy (non-hydrogen) atoms. The van der Waals surface area contributed by atoms with Crippen molar-refractivity contribution in [3.63, 3.8) is 0 Å². The molecule has 0 radical (unpaired) electrons. The Morgan fingerprint density at radius 3 is 2.11 bits per heavy atom. The highest BCUT2D eigenvalue weighted by molar-refractivity contribution is 5.75. The van der Waals surface area contributed by atoms with Crippen molar-refractivity contribution in [2.45, 2.75) is 40.5 Å². The molecule has 0 aliphatic rings. The van der Waals surface area contributed by atoms with Crippen LogP contribution < -0.4 is 10.6 Å². The van der Waals surface area contributed by atoms with Crippen LogP contribution in [0.1, 0.15) is 40.5 Å². The second-order valence-corrected chi connectivity index (χ2v) is 5.27. The summed E-state index contributed by atoms with van der Waals surface area (Å²) in [5.74, 6) is -0.636. The third kappa shape index (κ3) is 7.92. The molecule has 0 aromatic carbocycles. The highest BCUT2D eigenvalue weighted by atomic mass is 16.4. The number of amides is 2. The average molecular weight is 258 g/mol. The lowest BCUT2D eigenvalue weighted by atomic mass is 9.97. The van der Waals surface area contributed by atoms with Crippen molar-refractivity contribution in [3.05, 3.63) is 0 Å². The molecule has 106 valence electrons. The number of aliphatic carboxylic acids is 1. The van der Waals surface area contributed by atoms with Gasteiger partial charge < -0.3 is 15.7 Å². The molecule has 2 amide bonds. The molecule has 0 spiro atoms. The van der Waals surface area contributed by atoms with E-state index in [0.29, 0.717) is 24.8 Å². The maximum atomic E-state index is 11.5. The van der Waals surface area contributed by atoms with Gasteiger partial charge in [-0.15, -0.1) is 0 Å². The molecule has 0 aromatic rings. The van der Waals surface area contributed by atoms with Crippen LogP contribution in [-0.2, 0) is 4.79 Å². The molecule has 0 saturated heterocycles. The molecule has 0 fully saturated rings. The maximum Gasteiger partial charge on any atom is 0.314 e. The number of urea groups is 1. The Balaban J connectivity index is 3.96. The van der Waals surface area contributed by atoms with Crippen LogP contribution >= 0.6 is 0 Å². The van der Waals surface area contributed by atoms with Gasteiger partial charge in [-0.25, -0.2) is 4.79 Å². The van der Waals surface area contributed by atoms with E-state index in [2.05, 4.69) is 24.5 Å². The van der Waals surface area contributed by atoms with E-state index in [4.69, 9.17) is 5.11 Å². The smallest absolute Gasteiger partial charge is 0.314 e. The molecule has 5 nitrogen and oxygen atoms in total. The van der Waals surface area contributed by atoms with Gasteiger partial charge in [-0.2, -0.15) is 0 Å². The van der Waals surface area contributed by atoms with Crippen molar-refractivity contribution < 1.29 is 14.7 Å². The van der Waals surface area contributed by atoms with Gasteiger partial charge in [0.2, 0.25) is 0 Å². The summed E-state index contributed by atoms with van der Waals surface area (Å²) in [7, 11) is 0. The Kier molecular flexibility index (Phi) is 8.16. The van der Waals surface area contributed by atoms with Crippen LogP contribution in [-0.4, -0.2) is 30.2 Å². The fraction of sp³-hybridized carbons (Fsp3) is 0.846. The van der Waals surface area contributed by atoms with E-state index in [0.717, 1.165) is 6.42 Å². The van der Waals surface area contributed by atoms with Crippen LogP contribution in [0.5, 0.6) is 0 Å². The molecule has 5 heteroatoms. The molecule has 0 aromatic heterocycles. The zero-order chi connectivity index (χ0) is 14.1. The van der Waals surface area contributed by atoms with E-state index < -0.39 is 11.9 Å². The van der Waals surface area contributed by atoms with Crippen LogP contribution in [0.15, 0.2) is 0 Å². The molecule has 0 heterocycles. The number of carboxylic acid groups (broad SMARTS) is 1. The summed E-state index contributed by atoms with van der Waals surface area (Å²) in [5, 5.41) is 14.4. The Labute approximate surface area is 109 Å². The lowest BCUT2D eigenvalue weighted by molar-refractivity contribution is -0.142. The largest absolute Gasteiger partial charge is 0.481 e. The highest BCUT2D eigenvalue weighted by Gasteiger charge is 2.19. The molecule has 0 bridgehead atoms. The van der Waals surface area contributed by atoms with Crippen LogP contribution in [0.25, 0.3) is 0 Å². The van der Waals surface area contributed by atoms with Crippen molar-refractivity contribution in [1.29, 1.82) is 0 Å². The Morgan fingerprint density at radius 1 is 1.11 bits per heavy atom. The van der Waals surface area contributed by atoms with Gasteiger partial charge in [0.15, 0.2) is 0 Å². The molecule has 0 aliphatic carbocycles. The Morgan fingerprint density at radius 2 is 1.67 bits per heavy atom. The summed E-state index contributed by atoms with van der Waals surface area (Å²) < 4.78 is 0. The van der Waals surface area contributed by atoms with Gasteiger partial charge in [-0.3, -0.25) is 4.79 Å². The van der Waals surface area contributed by atoms with Crippen molar-refractivity contribution in [3.8, 4) is 0 Å². The number of hydrogen-bond acceptors (Lipinski definition) is 2. The lowest BCUT2D eigenvalue weighted by Crippen LogP contribution is -2.41. The lowest BCUT2D eigenvalue weighted by Gasteiger charge is -2.16. The monoisotopic (exact) mass is 258 g/mol. The zero-order valence-electron chi connectivity index (χ0n) is 11.8. The summed E-state index contributed by atoms with van der Waals surface area (Å²) in [5.41, 5.74) is 0. The molecular weight excluding hydrogens is 232 g/mol. The van der Waals surface area contributed by atoms with Crippen LogP contribution in [0.2, 0.25) is 0 Å². The van der Waals surface area contributed by atoms with Crippen LogP contribution in [0, 0.1) is 17.8 Å². The average Bonchev–Trinajstić information content (AvgIpc) is 2.30. The number of hydrogen-bond donors (Lipinski definition) is 3. The molecule has 0 rings (SSSR count). The predicted octanol–water partition coefficient (Wildman–Crippen LogP) is 2.08. The Hall–Kier alpha value is -1.26. The summed E-state index contributed by atoms with van der Waals surface area (Å²) >= 11 is 0. The molecule has 2 unspecified atom stereocenters.